The summed E-state index contributed by atoms with van der Waals surface area (Å²) >= 11 is 0. The average molecular weight is 294 g/mol. The molecule has 1 aromatic rings. The fourth-order valence-corrected chi connectivity index (χ4v) is 2.74. The van der Waals surface area contributed by atoms with Gasteiger partial charge in [0.25, 0.3) is 5.91 Å². The lowest BCUT2D eigenvalue weighted by Gasteiger charge is -2.26. The third-order valence-corrected chi connectivity index (χ3v) is 4.26. The molecule has 0 radical (unpaired) electrons. The summed E-state index contributed by atoms with van der Waals surface area (Å²) in [5, 5.41) is 13.2. The maximum Gasteiger partial charge on any atom is 0.251 e. The van der Waals surface area contributed by atoms with E-state index in [2.05, 4.69) is 5.32 Å². The normalized spacial score (nSPS) is 18.0. The number of carbonyl (C=O) groups is 1. The number of anilines is 1. The molecule has 0 saturated heterocycles. The molecule has 0 bridgehead atoms. The summed E-state index contributed by atoms with van der Waals surface area (Å²) in [6.07, 6.45) is 5.57. The van der Waals surface area contributed by atoms with Gasteiger partial charge in [-0.2, -0.15) is 0 Å². The third kappa shape index (κ3) is 3.94. The molecule has 4 nitrogen and oxygen atoms in total. The van der Waals surface area contributed by atoms with Gasteiger partial charge in [0, 0.05) is 23.4 Å². The largest absolute Gasteiger partial charge is 0.398 e. The first-order valence-electron chi connectivity index (χ1n) is 7.47. The maximum absolute atomic E-state index is 13.6. The highest BCUT2D eigenvalue weighted by Crippen LogP contribution is 2.26. The summed E-state index contributed by atoms with van der Waals surface area (Å²) in [6, 6.07) is 2.64. The molecule has 5 heteroatoms. The minimum atomic E-state index is -0.846. The Balaban J connectivity index is 2.01. The number of hydrogen-bond donors (Lipinski definition) is 3. The lowest BCUT2D eigenvalue weighted by molar-refractivity contribution is 0.0246. The Morgan fingerprint density at radius 3 is 2.52 bits per heavy atom. The molecule has 0 aromatic heterocycles. The molecule has 116 valence electrons. The van der Waals surface area contributed by atoms with Crippen molar-refractivity contribution in [3.63, 3.8) is 0 Å². The number of benzene rings is 1. The van der Waals surface area contributed by atoms with Crippen LogP contribution >= 0.6 is 0 Å². The van der Waals surface area contributed by atoms with E-state index in [0.717, 1.165) is 25.7 Å². The number of hydrogen-bond acceptors (Lipinski definition) is 3. The SMILES string of the molecule is Cc1c(N)cc(C(=O)NCC2(O)CCCCCC2)cc1F. The molecule has 4 N–H and O–H groups in total. The molecule has 0 heterocycles. The van der Waals surface area contributed by atoms with Crippen molar-refractivity contribution in [2.75, 3.05) is 12.3 Å². The molecule has 1 fully saturated rings. The standard InChI is InChI=1S/C16H23FN2O2/c1-11-13(17)8-12(9-14(11)18)15(20)19-10-16(21)6-4-2-3-5-7-16/h8-9,21H,2-7,10,18H2,1H3,(H,19,20). The predicted molar refractivity (Wildman–Crippen MR) is 80.5 cm³/mol. The van der Waals surface area contributed by atoms with Crippen LogP contribution in [0.25, 0.3) is 0 Å². The molecule has 1 aliphatic carbocycles. The quantitative estimate of drug-likeness (QED) is 0.592. The smallest absolute Gasteiger partial charge is 0.251 e. The number of nitrogens with two attached hydrogens (primary N) is 1. The zero-order valence-electron chi connectivity index (χ0n) is 12.4. The second-order valence-electron chi connectivity index (χ2n) is 5.99. The van der Waals surface area contributed by atoms with Crippen molar-refractivity contribution in [3.8, 4) is 0 Å². The van der Waals surface area contributed by atoms with E-state index < -0.39 is 17.3 Å². The summed E-state index contributed by atoms with van der Waals surface area (Å²) in [5.41, 5.74) is 5.62. The first kappa shape index (κ1) is 15.8. The van der Waals surface area contributed by atoms with E-state index in [0.29, 0.717) is 18.4 Å². The Labute approximate surface area is 124 Å². The number of halogens is 1. The Kier molecular flexibility index (Phi) is 4.83. The van der Waals surface area contributed by atoms with Crippen LogP contribution in [-0.4, -0.2) is 23.2 Å². The fraction of sp³-hybridized carbons (Fsp3) is 0.562. The van der Waals surface area contributed by atoms with E-state index >= 15 is 0 Å². The van der Waals surface area contributed by atoms with Crippen LogP contribution < -0.4 is 11.1 Å². The van der Waals surface area contributed by atoms with Crippen LogP contribution in [0, 0.1) is 12.7 Å². The fourth-order valence-electron chi connectivity index (χ4n) is 2.74. The minimum absolute atomic E-state index is 0.188. The van der Waals surface area contributed by atoms with Crippen molar-refractivity contribution in [2.24, 2.45) is 0 Å². The van der Waals surface area contributed by atoms with Crippen LogP contribution in [0.4, 0.5) is 10.1 Å². The topological polar surface area (TPSA) is 75.4 Å². The van der Waals surface area contributed by atoms with E-state index in [1.165, 1.54) is 12.1 Å². The molecule has 0 spiro atoms. The first-order chi connectivity index (χ1) is 9.91. The highest BCUT2D eigenvalue weighted by Gasteiger charge is 2.28. The van der Waals surface area contributed by atoms with Crippen LogP contribution in [0.3, 0.4) is 0 Å². The molecule has 0 unspecified atom stereocenters. The number of rotatable bonds is 3. The molecule has 21 heavy (non-hydrogen) atoms. The molecule has 0 atom stereocenters. The van der Waals surface area contributed by atoms with E-state index in [9.17, 15) is 14.3 Å². The van der Waals surface area contributed by atoms with Gasteiger partial charge in [-0.25, -0.2) is 4.39 Å². The van der Waals surface area contributed by atoms with Crippen LogP contribution in [0.15, 0.2) is 12.1 Å². The number of amides is 1. The van der Waals surface area contributed by atoms with E-state index in [1.54, 1.807) is 6.92 Å². The van der Waals surface area contributed by atoms with Crippen molar-refractivity contribution >= 4 is 11.6 Å². The first-order valence-corrected chi connectivity index (χ1v) is 7.47. The number of nitrogens with one attached hydrogen (secondary N) is 1. The highest BCUT2D eigenvalue weighted by atomic mass is 19.1. The van der Waals surface area contributed by atoms with Gasteiger partial charge >= 0.3 is 0 Å². The second-order valence-corrected chi connectivity index (χ2v) is 5.99. The van der Waals surface area contributed by atoms with Gasteiger partial charge in [0.1, 0.15) is 5.82 Å². The number of nitrogen functional groups attached to an aromatic ring is 1. The van der Waals surface area contributed by atoms with Crippen LogP contribution in [0.5, 0.6) is 0 Å². The molecule has 2 rings (SSSR count). The molecular formula is C16H23FN2O2. The monoisotopic (exact) mass is 294 g/mol. The molecule has 1 aromatic carbocycles. The predicted octanol–water partition coefficient (Wildman–Crippen LogP) is 2.53. The van der Waals surface area contributed by atoms with E-state index in [-0.39, 0.29) is 17.8 Å². The third-order valence-electron chi connectivity index (χ3n) is 4.26. The molecule has 1 amide bonds. The van der Waals surface area contributed by atoms with Crippen molar-refractivity contribution in [1.29, 1.82) is 0 Å². The van der Waals surface area contributed by atoms with Crippen molar-refractivity contribution in [2.45, 2.75) is 51.0 Å². The van der Waals surface area contributed by atoms with Gasteiger partial charge in [0.05, 0.1) is 5.60 Å². The van der Waals surface area contributed by atoms with E-state index in [1.807, 2.05) is 0 Å². The van der Waals surface area contributed by atoms with Gasteiger partial charge in [-0.15, -0.1) is 0 Å². The van der Waals surface area contributed by atoms with Crippen molar-refractivity contribution in [3.05, 3.63) is 29.1 Å². The Hall–Kier alpha value is -1.62. The molecule has 1 aliphatic rings. The Morgan fingerprint density at radius 1 is 1.33 bits per heavy atom. The van der Waals surface area contributed by atoms with Crippen LogP contribution in [0.2, 0.25) is 0 Å². The maximum atomic E-state index is 13.6. The summed E-state index contributed by atoms with van der Waals surface area (Å²) < 4.78 is 13.6. The minimum Gasteiger partial charge on any atom is -0.398 e. The average Bonchev–Trinajstić information content (AvgIpc) is 2.67. The molecule has 0 aliphatic heterocycles. The second kappa shape index (κ2) is 6.43. The van der Waals surface area contributed by atoms with Gasteiger partial charge in [0.2, 0.25) is 0 Å². The van der Waals surface area contributed by atoms with Crippen LogP contribution in [-0.2, 0) is 0 Å². The zero-order valence-corrected chi connectivity index (χ0v) is 12.4. The van der Waals surface area contributed by atoms with Crippen LogP contribution in [0.1, 0.15) is 54.4 Å². The molecule has 1 saturated carbocycles. The van der Waals surface area contributed by atoms with Gasteiger partial charge in [-0.05, 0) is 31.9 Å². The summed E-state index contributed by atoms with van der Waals surface area (Å²) in [7, 11) is 0. The van der Waals surface area contributed by atoms with E-state index in [4.69, 9.17) is 5.73 Å². The van der Waals surface area contributed by atoms with Crippen molar-refractivity contribution in [1.82, 2.24) is 5.32 Å². The van der Waals surface area contributed by atoms with Crippen molar-refractivity contribution < 1.29 is 14.3 Å². The van der Waals surface area contributed by atoms with Gasteiger partial charge in [0.15, 0.2) is 0 Å². The number of aliphatic hydroxyl groups is 1. The summed E-state index contributed by atoms with van der Waals surface area (Å²) in [6.45, 7) is 1.77. The lowest BCUT2D eigenvalue weighted by atomic mass is 9.94. The summed E-state index contributed by atoms with van der Waals surface area (Å²) in [5.74, 6) is -0.897. The zero-order chi connectivity index (χ0) is 15.5. The number of carbonyl (C=O) groups excluding carboxylic acids is 1. The Bertz CT molecular complexity index is 500. The highest BCUT2D eigenvalue weighted by molar-refractivity contribution is 5.95. The lowest BCUT2D eigenvalue weighted by Crippen LogP contribution is -2.42. The molecular weight excluding hydrogens is 271 g/mol. The summed E-state index contributed by atoms with van der Waals surface area (Å²) in [4.78, 5) is 12.1. The van der Waals surface area contributed by atoms with Gasteiger partial charge < -0.3 is 16.2 Å². The van der Waals surface area contributed by atoms with Gasteiger partial charge in [-0.3, -0.25) is 4.79 Å². The Morgan fingerprint density at radius 2 is 1.95 bits per heavy atom. The van der Waals surface area contributed by atoms with Gasteiger partial charge in [-0.1, -0.05) is 25.7 Å².